The summed E-state index contributed by atoms with van der Waals surface area (Å²) in [6.07, 6.45) is -8.96. The fraction of sp³-hybridized carbons (Fsp3) is 1.00. The van der Waals surface area contributed by atoms with Crippen molar-refractivity contribution in [1.82, 2.24) is 5.32 Å². The van der Waals surface area contributed by atoms with Crippen molar-refractivity contribution >= 4 is 0 Å². The maximum atomic E-state index is 11.7. The summed E-state index contributed by atoms with van der Waals surface area (Å²) < 4.78 is 70.3. The average molecular weight is 265 g/mol. The van der Waals surface area contributed by atoms with E-state index in [1.165, 1.54) is 0 Å². The zero-order valence-electron chi connectivity index (χ0n) is 9.42. The van der Waals surface area contributed by atoms with Gasteiger partial charge in [-0.2, -0.15) is 26.3 Å². The van der Waals surface area contributed by atoms with Crippen molar-refractivity contribution in [3.05, 3.63) is 0 Å². The van der Waals surface area contributed by atoms with Gasteiger partial charge in [-0.25, -0.2) is 0 Å². The molecule has 0 spiro atoms. The van der Waals surface area contributed by atoms with E-state index in [-0.39, 0.29) is 12.8 Å². The van der Waals surface area contributed by atoms with Gasteiger partial charge in [-0.3, -0.25) is 0 Å². The van der Waals surface area contributed by atoms with Gasteiger partial charge in [0.1, 0.15) is 0 Å². The minimum atomic E-state index is -4.12. The van der Waals surface area contributed by atoms with E-state index in [0.717, 1.165) is 0 Å². The number of halogens is 6. The molecular formula is C10H17F6N. The first-order valence-corrected chi connectivity index (χ1v) is 5.55. The second-order valence-electron chi connectivity index (χ2n) is 3.89. The molecule has 0 saturated heterocycles. The fourth-order valence-corrected chi connectivity index (χ4v) is 1.28. The van der Waals surface area contributed by atoms with Crippen LogP contribution in [0.15, 0.2) is 0 Å². The Morgan fingerprint density at radius 1 is 0.588 bits per heavy atom. The molecule has 0 aliphatic heterocycles. The molecule has 0 aliphatic rings. The molecule has 1 N–H and O–H groups in total. The molecule has 0 aromatic carbocycles. The Bertz CT molecular complexity index is 166. The van der Waals surface area contributed by atoms with Crippen molar-refractivity contribution in [1.29, 1.82) is 0 Å². The van der Waals surface area contributed by atoms with Crippen LogP contribution in [0.4, 0.5) is 26.3 Å². The lowest BCUT2D eigenvalue weighted by Crippen LogP contribution is -2.18. The Balaban J connectivity index is 3.15. The fourth-order valence-electron chi connectivity index (χ4n) is 1.28. The van der Waals surface area contributed by atoms with Crippen molar-refractivity contribution in [2.75, 3.05) is 13.1 Å². The first kappa shape index (κ1) is 16.5. The summed E-state index contributed by atoms with van der Waals surface area (Å²) in [7, 11) is 0. The molecule has 0 heterocycles. The summed E-state index contributed by atoms with van der Waals surface area (Å²) in [6.45, 7) is 0.837. The van der Waals surface area contributed by atoms with E-state index < -0.39 is 25.2 Å². The van der Waals surface area contributed by atoms with E-state index in [4.69, 9.17) is 0 Å². The number of nitrogens with one attached hydrogen (secondary N) is 1. The molecule has 7 heteroatoms. The molecule has 0 unspecified atom stereocenters. The average Bonchev–Trinajstić information content (AvgIpc) is 2.11. The quantitative estimate of drug-likeness (QED) is 0.516. The van der Waals surface area contributed by atoms with E-state index in [0.29, 0.717) is 25.9 Å². The number of hydrogen-bond acceptors (Lipinski definition) is 1. The van der Waals surface area contributed by atoms with Crippen molar-refractivity contribution in [2.45, 2.75) is 50.9 Å². The van der Waals surface area contributed by atoms with Crippen LogP contribution in [0.2, 0.25) is 0 Å². The summed E-state index contributed by atoms with van der Waals surface area (Å²) in [5, 5.41) is 2.82. The highest BCUT2D eigenvalue weighted by atomic mass is 19.4. The predicted molar refractivity (Wildman–Crippen MR) is 52.7 cm³/mol. The van der Waals surface area contributed by atoms with Crippen LogP contribution >= 0.6 is 0 Å². The second kappa shape index (κ2) is 7.79. The van der Waals surface area contributed by atoms with Gasteiger partial charge in [0, 0.05) is 12.8 Å². The highest BCUT2D eigenvalue weighted by Crippen LogP contribution is 2.22. The molecule has 1 nitrogen and oxygen atoms in total. The zero-order valence-corrected chi connectivity index (χ0v) is 9.42. The first-order chi connectivity index (χ1) is 7.71. The number of hydrogen-bond donors (Lipinski definition) is 1. The normalized spacial score (nSPS) is 13.1. The summed E-state index contributed by atoms with van der Waals surface area (Å²) in [5.74, 6) is 0. The van der Waals surface area contributed by atoms with E-state index in [1.807, 2.05) is 0 Å². The van der Waals surface area contributed by atoms with Crippen LogP contribution in [0.25, 0.3) is 0 Å². The standard InChI is InChI=1S/C10H17F6N/c11-9(12,13)5-1-3-7-17-8-4-2-6-10(14,15)16/h17H,1-8H2. The monoisotopic (exact) mass is 265 g/mol. The molecule has 0 radical (unpaired) electrons. The van der Waals surface area contributed by atoms with Gasteiger partial charge in [-0.05, 0) is 38.8 Å². The minimum absolute atomic E-state index is 0.0546. The van der Waals surface area contributed by atoms with Crippen molar-refractivity contribution in [2.24, 2.45) is 0 Å². The highest BCUT2D eigenvalue weighted by Gasteiger charge is 2.26. The summed E-state index contributed by atoms with van der Waals surface area (Å²) in [6, 6.07) is 0. The molecule has 0 fully saturated rings. The summed E-state index contributed by atoms with van der Waals surface area (Å²) in [5.41, 5.74) is 0. The smallest absolute Gasteiger partial charge is 0.317 e. The number of rotatable bonds is 8. The second-order valence-corrected chi connectivity index (χ2v) is 3.89. The summed E-state index contributed by atoms with van der Waals surface area (Å²) in [4.78, 5) is 0. The van der Waals surface area contributed by atoms with E-state index in [2.05, 4.69) is 5.32 Å². The van der Waals surface area contributed by atoms with E-state index >= 15 is 0 Å². The van der Waals surface area contributed by atoms with Gasteiger partial charge in [0.15, 0.2) is 0 Å². The maximum absolute atomic E-state index is 11.7. The van der Waals surface area contributed by atoms with Crippen molar-refractivity contribution in [3.8, 4) is 0 Å². The predicted octanol–water partition coefficient (Wildman–Crippen LogP) is 4.04. The maximum Gasteiger partial charge on any atom is 0.389 e. The third-order valence-electron chi connectivity index (χ3n) is 2.13. The third kappa shape index (κ3) is 15.5. The lowest BCUT2D eigenvalue weighted by molar-refractivity contribution is -0.136. The van der Waals surface area contributed by atoms with Crippen LogP contribution in [-0.2, 0) is 0 Å². The Labute approximate surface area is 96.6 Å². The Hall–Kier alpha value is -0.460. The van der Waals surface area contributed by atoms with E-state index in [1.54, 1.807) is 0 Å². The molecule has 104 valence electrons. The topological polar surface area (TPSA) is 12.0 Å². The number of alkyl halides is 6. The highest BCUT2D eigenvalue weighted by molar-refractivity contribution is 4.55. The SMILES string of the molecule is FC(F)(F)CCCCNCCCCC(F)(F)F. The molecule has 17 heavy (non-hydrogen) atoms. The molecule has 0 bridgehead atoms. The van der Waals surface area contributed by atoms with Crippen molar-refractivity contribution in [3.63, 3.8) is 0 Å². The molecule has 0 aliphatic carbocycles. The molecule has 0 amide bonds. The Morgan fingerprint density at radius 2 is 0.941 bits per heavy atom. The van der Waals surface area contributed by atoms with Gasteiger partial charge in [0.25, 0.3) is 0 Å². The molecular weight excluding hydrogens is 248 g/mol. The van der Waals surface area contributed by atoms with Gasteiger partial charge in [0.05, 0.1) is 0 Å². The first-order valence-electron chi connectivity index (χ1n) is 5.55. The van der Waals surface area contributed by atoms with Crippen LogP contribution in [0.5, 0.6) is 0 Å². The minimum Gasteiger partial charge on any atom is -0.317 e. The third-order valence-corrected chi connectivity index (χ3v) is 2.13. The van der Waals surface area contributed by atoms with E-state index in [9.17, 15) is 26.3 Å². The Kier molecular flexibility index (Phi) is 7.58. The Morgan fingerprint density at radius 3 is 1.24 bits per heavy atom. The van der Waals surface area contributed by atoms with Crippen LogP contribution in [0.1, 0.15) is 38.5 Å². The van der Waals surface area contributed by atoms with Gasteiger partial charge in [0.2, 0.25) is 0 Å². The van der Waals surface area contributed by atoms with Crippen molar-refractivity contribution < 1.29 is 26.3 Å². The molecule has 0 rings (SSSR count). The molecule has 0 aromatic rings. The van der Waals surface area contributed by atoms with Gasteiger partial charge >= 0.3 is 12.4 Å². The lowest BCUT2D eigenvalue weighted by Gasteiger charge is -2.08. The van der Waals surface area contributed by atoms with Gasteiger partial charge < -0.3 is 5.32 Å². The summed E-state index contributed by atoms with van der Waals surface area (Å²) >= 11 is 0. The van der Waals surface area contributed by atoms with Crippen LogP contribution in [0.3, 0.4) is 0 Å². The van der Waals surface area contributed by atoms with Gasteiger partial charge in [-0.1, -0.05) is 0 Å². The molecule has 0 saturated carbocycles. The molecule has 0 atom stereocenters. The zero-order chi connectivity index (χ0) is 13.4. The largest absolute Gasteiger partial charge is 0.389 e. The van der Waals surface area contributed by atoms with Crippen LogP contribution in [0, 0.1) is 0 Å². The molecule has 0 aromatic heterocycles. The lowest BCUT2D eigenvalue weighted by atomic mass is 10.2. The van der Waals surface area contributed by atoms with Gasteiger partial charge in [-0.15, -0.1) is 0 Å². The number of unbranched alkanes of at least 4 members (excludes halogenated alkanes) is 2. The van der Waals surface area contributed by atoms with Crippen LogP contribution in [-0.4, -0.2) is 25.4 Å². The van der Waals surface area contributed by atoms with Crippen LogP contribution < -0.4 is 5.32 Å².